The first-order valence-corrected chi connectivity index (χ1v) is 32.0. The number of hydrogen-bond donors (Lipinski definition) is 4. The second-order valence-electron chi connectivity index (χ2n) is 20.6. The summed E-state index contributed by atoms with van der Waals surface area (Å²) < 4.78 is 134. The summed E-state index contributed by atoms with van der Waals surface area (Å²) >= 11 is 0.433. The lowest BCUT2D eigenvalue weighted by molar-refractivity contribution is -0.282. The van der Waals surface area contributed by atoms with E-state index in [1.54, 1.807) is 0 Å². The van der Waals surface area contributed by atoms with E-state index in [-0.39, 0.29) is 64.5 Å². The molecule has 90 heavy (non-hydrogen) atoms. The zero-order valence-corrected chi connectivity index (χ0v) is 50.3. The molecule has 484 valence electrons. The SMILES string of the molecule is COC(=O)C1OC(Oc2ccc(CSP3(=O)OC[C@H]4O[C@@H](n5cnc6c(=O)[nH]cnc65)[C@H](F)[C@@H]4COP(=O)(O)OC[C@H]4O[C@@H](n5cnc6c(N)ncnc65)[C@H](F)[C@@H]4O3)cc2NC(=O)CCCCCN2C(=O)C=CC2=O)C(OC(C)=O)C(OC(C)=O)C1OC(C)=O. The van der Waals surface area contributed by atoms with E-state index in [1.165, 1.54) is 18.2 Å². The average Bonchev–Trinajstić information content (AvgIpc) is 1.45. The summed E-state index contributed by atoms with van der Waals surface area (Å²) in [7, 11) is -4.22. The molecule has 0 saturated carbocycles. The number of carbonyl (C=O) groups is 7. The molecule has 9 heterocycles. The number of phosphoric ester groups is 1. The molecule has 10 rings (SSSR count). The fourth-order valence-corrected chi connectivity index (χ4v) is 14.5. The summed E-state index contributed by atoms with van der Waals surface area (Å²) in [6.07, 6.45) is -15.0. The molecule has 5 aliphatic heterocycles. The number of nitrogens with two attached hydrogens (primary N) is 1. The van der Waals surface area contributed by atoms with Crippen LogP contribution in [0.2, 0.25) is 0 Å². The molecule has 3 amide bonds. The van der Waals surface area contributed by atoms with Crippen molar-refractivity contribution >= 4 is 101 Å². The number of anilines is 2. The Kier molecular flexibility index (Phi) is 19.9. The number of nitrogens with zero attached hydrogens (tertiary/aromatic N) is 8. The van der Waals surface area contributed by atoms with Crippen molar-refractivity contribution in [2.45, 2.75) is 126 Å². The van der Waals surface area contributed by atoms with Gasteiger partial charge in [-0.15, -0.1) is 0 Å². The van der Waals surface area contributed by atoms with Crippen molar-refractivity contribution in [2.75, 3.05) is 44.5 Å². The van der Waals surface area contributed by atoms with Gasteiger partial charge >= 0.3 is 38.5 Å². The monoisotopic (exact) mass is 1320 g/mol. The molecule has 0 spiro atoms. The van der Waals surface area contributed by atoms with E-state index in [4.69, 9.17) is 61.7 Å². The number of unbranched alkanes of at least 4 members (excludes halogenated alkanes) is 2. The summed E-state index contributed by atoms with van der Waals surface area (Å²) in [5, 5.41) is 2.72. The molecule has 15 atom stereocenters. The van der Waals surface area contributed by atoms with Gasteiger partial charge in [0.15, 0.2) is 65.7 Å². The fraction of sp³-hybridized carbons (Fsp3) is 0.510. The lowest BCUT2D eigenvalue weighted by atomic mass is 9.97. The van der Waals surface area contributed by atoms with E-state index in [1.807, 2.05) is 0 Å². The summed E-state index contributed by atoms with van der Waals surface area (Å²) in [5.41, 5.74) is 5.05. The van der Waals surface area contributed by atoms with Gasteiger partial charge in [0.2, 0.25) is 18.3 Å². The first kappa shape index (κ1) is 65.3. The highest BCUT2D eigenvalue weighted by molar-refractivity contribution is 8.54. The molecule has 7 unspecified atom stereocenters. The summed E-state index contributed by atoms with van der Waals surface area (Å²) in [6.45, 7) is -4.67. The maximum atomic E-state index is 17.4. The average molecular weight is 1320 g/mol. The molecule has 4 fully saturated rings. The third kappa shape index (κ3) is 14.4. The third-order valence-electron chi connectivity index (χ3n) is 14.5. The molecular weight excluding hydrogens is 1270 g/mol. The highest BCUT2D eigenvalue weighted by atomic mass is 32.7. The van der Waals surface area contributed by atoms with Gasteiger partial charge in [0.1, 0.15) is 29.8 Å². The highest BCUT2D eigenvalue weighted by Gasteiger charge is 2.57. The maximum absolute atomic E-state index is 17.4. The number of alkyl halides is 2. The van der Waals surface area contributed by atoms with E-state index in [9.17, 15) is 47.8 Å². The molecule has 5 aliphatic rings. The van der Waals surface area contributed by atoms with Gasteiger partial charge in [-0.05, 0) is 41.9 Å². The Labute approximate surface area is 509 Å². The van der Waals surface area contributed by atoms with Crippen LogP contribution in [0.1, 0.15) is 64.5 Å². The Balaban J connectivity index is 0.978. The first-order chi connectivity index (χ1) is 42.9. The molecule has 1 aromatic carbocycles. The molecule has 5 aromatic rings. The van der Waals surface area contributed by atoms with Crippen LogP contribution in [0.25, 0.3) is 22.3 Å². The number of benzene rings is 1. The second kappa shape index (κ2) is 27.4. The molecular formula is C51H57F2N11O23P2S. The first-order valence-electron chi connectivity index (χ1n) is 27.4. The van der Waals surface area contributed by atoms with Gasteiger partial charge in [0, 0.05) is 57.6 Å². The number of fused-ring (bicyclic) bond motifs is 4. The Bertz CT molecular complexity index is 3770. The van der Waals surface area contributed by atoms with Gasteiger partial charge in [-0.2, -0.15) is 0 Å². The number of imidazole rings is 2. The van der Waals surface area contributed by atoms with Gasteiger partial charge in [-0.3, -0.25) is 65.7 Å². The number of carbonyl (C=O) groups excluding carboxylic acids is 7. The number of hydrogen-bond acceptors (Lipinski definition) is 29. The maximum Gasteiger partial charge on any atom is 0.472 e. The van der Waals surface area contributed by atoms with Crippen LogP contribution in [-0.4, -0.2) is 185 Å². The number of imide groups is 1. The van der Waals surface area contributed by atoms with Crippen LogP contribution in [0, 0.1) is 5.92 Å². The summed E-state index contributed by atoms with van der Waals surface area (Å²) in [4.78, 5) is 136. The summed E-state index contributed by atoms with van der Waals surface area (Å²) in [6, 6.07) is 3.94. The van der Waals surface area contributed by atoms with E-state index < -0.39 is 167 Å². The third-order valence-corrected chi connectivity index (χ3v) is 19.1. The molecule has 0 bridgehead atoms. The fourth-order valence-electron chi connectivity index (χ4n) is 10.4. The lowest BCUT2D eigenvalue weighted by Crippen LogP contribution is -2.64. The van der Waals surface area contributed by atoms with Crippen molar-refractivity contribution < 1.29 is 112 Å². The molecule has 4 saturated heterocycles. The van der Waals surface area contributed by atoms with E-state index in [2.05, 4.69) is 35.2 Å². The predicted molar refractivity (Wildman–Crippen MR) is 298 cm³/mol. The van der Waals surface area contributed by atoms with Gasteiger partial charge in [-0.1, -0.05) is 12.5 Å². The number of nitrogen functional groups attached to an aromatic ring is 1. The molecule has 0 aliphatic carbocycles. The van der Waals surface area contributed by atoms with Crippen molar-refractivity contribution in [1.82, 2.24) is 43.9 Å². The molecule has 0 radical (unpaired) electrons. The minimum absolute atomic E-state index is 0.0169. The van der Waals surface area contributed by atoms with Gasteiger partial charge < -0.3 is 58.8 Å². The van der Waals surface area contributed by atoms with E-state index >= 15 is 13.3 Å². The molecule has 34 nitrogen and oxygen atoms in total. The number of phosphoric acid groups is 1. The number of aromatic amines is 1. The van der Waals surface area contributed by atoms with Gasteiger partial charge in [0.05, 0.1) is 57.7 Å². The molecule has 39 heteroatoms. The normalized spacial score (nSPS) is 30.4. The highest BCUT2D eigenvalue weighted by Crippen LogP contribution is 2.65. The number of halogens is 2. The second-order valence-corrected chi connectivity index (χ2v) is 26.1. The van der Waals surface area contributed by atoms with Crippen LogP contribution >= 0.6 is 26.0 Å². The minimum Gasteiger partial charge on any atom is -0.467 e. The molecule has 5 N–H and O–H groups in total. The molecule has 4 aromatic heterocycles. The zero-order chi connectivity index (χ0) is 64.3. The van der Waals surface area contributed by atoms with E-state index in [0.29, 0.717) is 24.2 Å². The van der Waals surface area contributed by atoms with Gasteiger partial charge in [-0.25, -0.2) is 47.6 Å². The number of nitrogens with one attached hydrogen (secondary N) is 2. The van der Waals surface area contributed by atoms with Crippen LogP contribution in [-0.2, 0) is 99.7 Å². The topological polar surface area (TPSA) is 433 Å². The lowest BCUT2D eigenvalue weighted by Gasteiger charge is -2.43. The number of methoxy groups -OCH3 is 1. The van der Waals surface area contributed by atoms with Gasteiger partial charge in [0.25, 0.3) is 17.4 Å². The van der Waals surface area contributed by atoms with Crippen LogP contribution in [0.15, 0.2) is 60.5 Å². The number of amides is 3. The Morgan fingerprint density at radius 2 is 1.43 bits per heavy atom. The zero-order valence-electron chi connectivity index (χ0n) is 47.7. The number of rotatable bonds is 18. The van der Waals surface area contributed by atoms with Crippen molar-refractivity contribution in [1.29, 1.82) is 0 Å². The van der Waals surface area contributed by atoms with Crippen molar-refractivity contribution in [2.24, 2.45) is 5.92 Å². The minimum atomic E-state index is -5.20. The van der Waals surface area contributed by atoms with Crippen molar-refractivity contribution in [3.05, 3.63) is 71.6 Å². The Hall–Kier alpha value is -7.70. The number of H-pyrrole nitrogens is 1. The Morgan fingerprint density at radius 3 is 2.14 bits per heavy atom. The largest absolute Gasteiger partial charge is 0.472 e. The van der Waals surface area contributed by atoms with Crippen molar-refractivity contribution in [3.63, 3.8) is 0 Å². The quantitative estimate of drug-likeness (QED) is 0.0322. The number of esters is 4. The van der Waals surface area contributed by atoms with Crippen LogP contribution in [0.4, 0.5) is 20.3 Å². The smallest absolute Gasteiger partial charge is 0.467 e. The Morgan fingerprint density at radius 1 is 0.789 bits per heavy atom. The summed E-state index contributed by atoms with van der Waals surface area (Å²) in [5.74, 6) is -8.02. The predicted octanol–water partition coefficient (Wildman–Crippen LogP) is 2.72. The standard InChI is InChI=1S/C51H57F2N11O23P2S/c1-23(65)80-40-41(81-24(2)66)43(82-25(3)67)51(86-42(40)50(72)76-4)85-29-10-9-26(14-28(29)61-32(68)8-6-5-7-13-62-33(69)11-12-34(62)70)18-90-89(75)79-16-30-27(35(52)48(83-30)64-22-60-38-46(64)57-20-58-47(38)71)15-77-88(73,74)78-17-31-39(87-89)36(53)49(84-31)63-21-59-37-44(54)55-19-56-45(37)63/h9-12,14,19-22,27,30-31,35-36,39-43,48-49,51H,5-8,13,15-18H2,1-4H3,(H,61,68)(H,73,74)(H2,54,55,56)(H,57,58,71)/t27-,30-,31-,35-,36-,39-,40?,41?,42?,43?,48-,49-,51?,89?/m1/s1. The van der Waals surface area contributed by atoms with Crippen LogP contribution < -0.4 is 21.3 Å². The van der Waals surface area contributed by atoms with Crippen LogP contribution in [0.3, 0.4) is 0 Å². The van der Waals surface area contributed by atoms with Crippen molar-refractivity contribution in [3.8, 4) is 5.75 Å². The van der Waals surface area contributed by atoms with Crippen LogP contribution in [0.5, 0.6) is 5.75 Å². The van der Waals surface area contributed by atoms with E-state index in [0.717, 1.165) is 79.4 Å². The number of ether oxygens (including phenoxy) is 8. The number of aromatic nitrogens is 8.